The number of aryl methyl sites for hydroxylation is 2. The maximum Gasteiger partial charge on any atom is 0.303 e. The van der Waals surface area contributed by atoms with Gasteiger partial charge in [-0.1, -0.05) is 6.42 Å². The van der Waals surface area contributed by atoms with Crippen LogP contribution in [0.15, 0.2) is 11.2 Å². The Morgan fingerprint density at radius 3 is 2.65 bits per heavy atom. The van der Waals surface area contributed by atoms with Crippen LogP contribution in [0.5, 0.6) is 0 Å². The van der Waals surface area contributed by atoms with Crippen LogP contribution in [-0.2, 0) is 21.4 Å². The number of hydrogen-bond acceptors (Lipinski definition) is 4. The molecule has 0 spiro atoms. The van der Waals surface area contributed by atoms with Gasteiger partial charge < -0.3 is 9.67 Å². The fourth-order valence-electron chi connectivity index (χ4n) is 1.79. The maximum atomic E-state index is 12.0. The number of aliphatic carboxylic acids is 1. The van der Waals surface area contributed by atoms with Crippen molar-refractivity contribution in [3.05, 3.63) is 12.0 Å². The number of nitrogens with zero attached hydrogens (tertiary/aromatic N) is 2. The lowest BCUT2D eigenvalue weighted by atomic mass is 10.2. The molecule has 0 saturated heterocycles. The van der Waals surface area contributed by atoms with Crippen LogP contribution < -0.4 is 4.72 Å². The van der Waals surface area contributed by atoms with Crippen LogP contribution in [0, 0.1) is 6.92 Å². The molecular formula is C12H21N3O4S. The van der Waals surface area contributed by atoms with Gasteiger partial charge in [0.05, 0.1) is 0 Å². The molecule has 0 aliphatic heterocycles. The number of imidazole rings is 1. The van der Waals surface area contributed by atoms with Gasteiger partial charge in [0.15, 0.2) is 5.03 Å². The minimum Gasteiger partial charge on any atom is -0.481 e. The third-order valence-electron chi connectivity index (χ3n) is 2.93. The number of hydrogen-bond donors (Lipinski definition) is 2. The van der Waals surface area contributed by atoms with E-state index in [0.29, 0.717) is 38.2 Å². The van der Waals surface area contributed by atoms with E-state index in [1.54, 1.807) is 11.5 Å². The molecule has 1 heterocycles. The van der Waals surface area contributed by atoms with E-state index in [0.717, 1.165) is 0 Å². The number of carboxylic acids is 1. The van der Waals surface area contributed by atoms with Gasteiger partial charge >= 0.3 is 5.97 Å². The minimum atomic E-state index is -3.57. The van der Waals surface area contributed by atoms with Crippen molar-refractivity contribution < 1.29 is 18.3 Å². The fraction of sp³-hybridized carbons (Fsp3) is 0.667. The molecule has 0 amide bonds. The summed E-state index contributed by atoms with van der Waals surface area (Å²) >= 11 is 0. The van der Waals surface area contributed by atoms with Gasteiger partial charge in [-0.2, -0.15) is 0 Å². The molecule has 0 atom stereocenters. The Morgan fingerprint density at radius 2 is 2.10 bits per heavy atom. The highest BCUT2D eigenvalue weighted by atomic mass is 32.2. The summed E-state index contributed by atoms with van der Waals surface area (Å²) in [5, 5.41) is 8.51. The topological polar surface area (TPSA) is 101 Å². The molecule has 1 aromatic rings. The molecule has 0 aromatic carbocycles. The van der Waals surface area contributed by atoms with Crippen LogP contribution in [-0.4, -0.2) is 35.6 Å². The minimum absolute atomic E-state index is 0.0300. The average Bonchev–Trinajstić information content (AvgIpc) is 2.75. The van der Waals surface area contributed by atoms with Gasteiger partial charge in [0, 0.05) is 25.7 Å². The van der Waals surface area contributed by atoms with Crippen molar-refractivity contribution in [2.45, 2.75) is 51.1 Å². The van der Waals surface area contributed by atoms with Crippen molar-refractivity contribution in [1.82, 2.24) is 14.3 Å². The molecule has 0 fully saturated rings. The fourth-order valence-corrected chi connectivity index (χ4v) is 2.87. The molecule has 1 aromatic heterocycles. The summed E-state index contributed by atoms with van der Waals surface area (Å²) < 4.78 is 28.2. The quantitative estimate of drug-likeness (QED) is 0.666. The highest BCUT2D eigenvalue weighted by Crippen LogP contribution is 2.09. The molecule has 0 unspecified atom stereocenters. The number of unbranched alkanes of at least 4 members (excludes halogenated alkanes) is 2. The molecule has 0 bridgehead atoms. The largest absolute Gasteiger partial charge is 0.481 e. The highest BCUT2D eigenvalue weighted by Gasteiger charge is 2.18. The number of carboxylic acid groups (broad SMARTS) is 1. The summed E-state index contributed by atoms with van der Waals surface area (Å²) in [6.45, 7) is 4.64. The van der Waals surface area contributed by atoms with Gasteiger partial charge in [-0.05, 0) is 26.7 Å². The Bertz CT molecular complexity index is 551. The summed E-state index contributed by atoms with van der Waals surface area (Å²) in [5.74, 6) is -0.166. The predicted octanol–water partition coefficient (Wildman–Crippen LogP) is 1.13. The third-order valence-corrected chi connectivity index (χ3v) is 4.26. The zero-order valence-electron chi connectivity index (χ0n) is 11.8. The second-order valence-corrected chi connectivity index (χ2v) is 6.23. The number of nitrogens with one attached hydrogen (secondary N) is 1. The normalized spacial score (nSPS) is 11.7. The first-order valence-electron chi connectivity index (χ1n) is 6.62. The Hall–Kier alpha value is -1.41. The molecule has 0 radical (unpaired) electrons. The SMILES string of the molecule is CCn1cc(S(=O)(=O)NCCCCCC(=O)O)nc1C. The summed E-state index contributed by atoms with van der Waals surface area (Å²) in [6, 6.07) is 0. The highest BCUT2D eigenvalue weighted by molar-refractivity contribution is 7.89. The van der Waals surface area contributed by atoms with Gasteiger partial charge in [0.1, 0.15) is 5.82 Å². The van der Waals surface area contributed by atoms with Gasteiger partial charge in [-0.3, -0.25) is 4.79 Å². The van der Waals surface area contributed by atoms with Gasteiger partial charge in [0.25, 0.3) is 10.0 Å². The number of aromatic nitrogens is 2. The maximum absolute atomic E-state index is 12.0. The van der Waals surface area contributed by atoms with Crippen LogP contribution in [0.2, 0.25) is 0 Å². The van der Waals surface area contributed by atoms with Crippen LogP contribution in [0.4, 0.5) is 0 Å². The van der Waals surface area contributed by atoms with Crippen LogP contribution >= 0.6 is 0 Å². The van der Waals surface area contributed by atoms with E-state index in [1.807, 2.05) is 6.92 Å². The summed E-state index contributed by atoms with van der Waals surface area (Å²) in [4.78, 5) is 14.3. The standard InChI is InChI=1S/C12H21N3O4S/c1-3-15-9-11(14-10(15)2)20(18,19)13-8-6-4-5-7-12(16)17/h9,13H,3-8H2,1-2H3,(H,16,17). The van der Waals surface area contributed by atoms with E-state index < -0.39 is 16.0 Å². The molecule has 20 heavy (non-hydrogen) atoms. The summed E-state index contributed by atoms with van der Waals surface area (Å²) in [5.41, 5.74) is 0. The molecule has 8 heteroatoms. The Labute approximate surface area is 119 Å². The molecule has 2 N–H and O–H groups in total. The monoisotopic (exact) mass is 303 g/mol. The van der Waals surface area contributed by atoms with Gasteiger partial charge in [-0.25, -0.2) is 18.1 Å². The van der Waals surface area contributed by atoms with Crippen molar-refractivity contribution in [3.8, 4) is 0 Å². The van der Waals surface area contributed by atoms with Crippen molar-refractivity contribution in [2.75, 3.05) is 6.54 Å². The van der Waals surface area contributed by atoms with Gasteiger partial charge in [-0.15, -0.1) is 0 Å². The van der Waals surface area contributed by atoms with Crippen molar-refractivity contribution in [2.24, 2.45) is 0 Å². The van der Waals surface area contributed by atoms with Crippen LogP contribution in [0.1, 0.15) is 38.4 Å². The van der Waals surface area contributed by atoms with E-state index in [-0.39, 0.29) is 11.4 Å². The Morgan fingerprint density at radius 1 is 1.40 bits per heavy atom. The molecule has 1 rings (SSSR count). The lowest BCUT2D eigenvalue weighted by molar-refractivity contribution is -0.137. The van der Waals surface area contributed by atoms with Crippen LogP contribution in [0.3, 0.4) is 0 Å². The number of rotatable bonds is 9. The number of sulfonamides is 1. The third kappa shape index (κ3) is 4.93. The molecule has 7 nitrogen and oxygen atoms in total. The van der Waals surface area contributed by atoms with E-state index in [1.165, 1.54) is 6.20 Å². The van der Waals surface area contributed by atoms with E-state index in [2.05, 4.69) is 9.71 Å². The molecule has 0 saturated carbocycles. The second kappa shape index (κ2) is 7.39. The average molecular weight is 303 g/mol. The van der Waals surface area contributed by atoms with E-state index in [9.17, 15) is 13.2 Å². The second-order valence-electron chi connectivity index (χ2n) is 4.51. The van der Waals surface area contributed by atoms with Crippen molar-refractivity contribution in [1.29, 1.82) is 0 Å². The molecule has 114 valence electrons. The molecule has 0 aliphatic rings. The summed E-state index contributed by atoms with van der Waals surface area (Å²) in [7, 11) is -3.57. The smallest absolute Gasteiger partial charge is 0.303 e. The molecular weight excluding hydrogens is 282 g/mol. The Balaban J connectivity index is 2.43. The van der Waals surface area contributed by atoms with E-state index in [4.69, 9.17) is 5.11 Å². The first kappa shape index (κ1) is 16.6. The van der Waals surface area contributed by atoms with Crippen LogP contribution in [0.25, 0.3) is 0 Å². The zero-order valence-corrected chi connectivity index (χ0v) is 12.6. The van der Waals surface area contributed by atoms with Gasteiger partial charge in [0.2, 0.25) is 0 Å². The first-order valence-corrected chi connectivity index (χ1v) is 8.10. The van der Waals surface area contributed by atoms with E-state index >= 15 is 0 Å². The predicted molar refractivity (Wildman–Crippen MR) is 73.9 cm³/mol. The summed E-state index contributed by atoms with van der Waals surface area (Å²) in [6.07, 6.45) is 3.48. The van der Waals surface area contributed by atoms with Crippen molar-refractivity contribution >= 4 is 16.0 Å². The molecule has 0 aliphatic carbocycles. The first-order chi connectivity index (χ1) is 9.36. The number of carbonyl (C=O) groups is 1. The zero-order chi connectivity index (χ0) is 15.2. The lowest BCUT2D eigenvalue weighted by Gasteiger charge is -2.03. The lowest BCUT2D eigenvalue weighted by Crippen LogP contribution is -2.25. The van der Waals surface area contributed by atoms with Crippen molar-refractivity contribution in [3.63, 3.8) is 0 Å². The Kier molecular flexibility index (Phi) is 6.15.